The smallest absolute Gasteiger partial charge is 0.328 e. The van der Waals surface area contributed by atoms with Crippen LogP contribution >= 0.6 is 0 Å². The van der Waals surface area contributed by atoms with E-state index < -0.39 is 18.0 Å². The summed E-state index contributed by atoms with van der Waals surface area (Å²) in [5.74, 6) is -1.13. The van der Waals surface area contributed by atoms with Gasteiger partial charge in [-0.2, -0.15) is 0 Å². The molecule has 186 valence electrons. The maximum Gasteiger partial charge on any atom is 0.328 e. The summed E-state index contributed by atoms with van der Waals surface area (Å²) in [5.41, 5.74) is 0.899. The third-order valence-corrected chi connectivity index (χ3v) is 5.71. The van der Waals surface area contributed by atoms with E-state index in [1.807, 2.05) is 30.3 Å². The summed E-state index contributed by atoms with van der Waals surface area (Å²) in [5, 5.41) is 2.71. The normalized spacial score (nSPS) is 11.6. The third kappa shape index (κ3) is 15.2. The number of rotatable bonds is 19. The van der Waals surface area contributed by atoms with Crippen molar-refractivity contribution in [2.45, 2.75) is 109 Å². The first-order valence-corrected chi connectivity index (χ1v) is 12.6. The highest BCUT2D eigenvalue weighted by Crippen LogP contribution is 2.12. The summed E-state index contributed by atoms with van der Waals surface area (Å²) >= 11 is 0. The van der Waals surface area contributed by atoms with Crippen molar-refractivity contribution in [2.75, 3.05) is 7.11 Å². The van der Waals surface area contributed by atoms with Gasteiger partial charge in [-0.15, -0.1) is 0 Å². The lowest BCUT2D eigenvalue weighted by Crippen LogP contribution is -2.41. The molecule has 33 heavy (non-hydrogen) atoms. The molecule has 0 spiro atoms. The van der Waals surface area contributed by atoms with Crippen LogP contribution in [0.4, 0.5) is 0 Å². The summed E-state index contributed by atoms with van der Waals surface area (Å²) in [6, 6.07) is 8.56. The third-order valence-electron chi connectivity index (χ3n) is 5.71. The number of hydrogen-bond donors (Lipinski definition) is 1. The van der Waals surface area contributed by atoms with E-state index >= 15 is 0 Å². The van der Waals surface area contributed by atoms with Crippen molar-refractivity contribution >= 4 is 17.8 Å². The second kappa shape index (κ2) is 19.1. The first-order valence-electron chi connectivity index (χ1n) is 12.6. The van der Waals surface area contributed by atoms with Crippen molar-refractivity contribution in [1.29, 1.82) is 0 Å². The average molecular weight is 462 g/mol. The second-order valence-corrected chi connectivity index (χ2v) is 8.61. The molecule has 1 atom stereocenters. The Labute approximate surface area is 199 Å². The fraction of sp³-hybridized carbons (Fsp3) is 0.667. The topological polar surface area (TPSA) is 81.7 Å². The SMILES string of the molecule is CCCCCCCCCCCCCC(=O)N[C@H](CCC(=O)OCc1ccccc1)C(=O)OC. The highest BCUT2D eigenvalue weighted by atomic mass is 16.5. The summed E-state index contributed by atoms with van der Waals surface area (Å²) in [6.45, 7) is 2.42. The van der Waals surface area contributed by atoms with Crippen LogP contribution in [-0.2, 0) is 30.5 Å². The zero-order valence-electron chi connectivity index (χ0n) is 20.6. The maximum atomic E-state index is 12.3. The van der Waals surface area contributed by atoms with Gasteiger partial charge in [-0.3, -0.25) is 9.59 Å². The van der Waals surface area contributed by atoms with Gasteiger partial charge in [0.15, 0.2) is 0 Å². The van der Waals surface area contributed by atoms with Crippen molar-refractivity contribution in [3.63, 3.8) is 0 Å². The predicted octanol–water partition coefficient (Wildman–Crippen LogP) is 5.87. The minimum atomic E-state index is -0.834. The van der Waals surface area contributed by atoms with Gasteiger partial charge in [-0.1, -0.05) is 101 Å². The standard InChI is InChI=1S/C27H43NO5/c1-3-4-5-6-7-8-9-10-11-12-16-19-25(29)28-24(27(31)32-2)20-21-26(30)33-22-23-17-14-13-15-18-23/h13-15,17-18,24H,3-12,16,19-22H2,1-2H3,(H,28,29)/t24-/m1/s1. The molecule has 0 aliphatic carbocycles. The average Bonchev–Trinajstić information content (AvgIpc) is 2.83. The molecule has 6 heteroatoms. The molecule has 1 amide bonds. The molecule has 1 aromatic carbocycles. The summed E-state index contributed by atoms with van der Waals surface area (Å²) in [6.07, 6.45) is 14.0. The van der Waals surface area contributed by atoms with Crippen LogP contribution in [0.3, 0.4) is 0 Å². The van der Waals surface area contributed by atoms with E-state index in [1.165, 1.54) is 58.5 Å². The molecule has 0 saturated carbocycles. The molecule has 6 nitrogen and oxygen atoms in total. The first kappa shape index (κ1) is 28.7. The van der Waals surface area contributed by atoms with Gasteiger partial charge in [0.1, 0.15) is 12.6 Å². The maximum absolute atomic E-state index is 12.3. The number of nitrogens with one attached hydrogen (secondary N) is 1. The monoisotopic (exact) mass is 461 g/mol. The molecule has 1 rings (SSSR count). The predicted molar refractivity (Wildman–Crippen MR) is 130 cm³/mol. The number of methoxy groups -OCH3 is 1. The lowest BCUT2D eigenvalue weighted by molar-refractivity contribution is -0.147. The number of benzene rings is 1. The molecule has 0 radical (unpaired) electrons. The van der Waals surface area contributed by atoms with Crippen LogP contribution in [0, 0.1) is 0 Å². The fourth-order valence-corrected chi connectivity index (χ4v) is 3.68. The van der Waals surface area contributed by atoms with Crippen LogP contribution in [0.15, 0.2) is 30.3 Å². The summed E-state index contributed by atoms with van der Waals surface area (Å²) in [4.78, 5) is 36.3. The van der Waals surface area contributed by atoms with Crippen LogP contribution in [0.25, 0.3) is 0 Å². The van der Waals surface area contributed by atoms with Crippen LogP contribution in [-0.4, -0.2) is 31.0 Å². The van der Waals surface area contributed by atoms with Crippen LogP contribution in [0.1, 0.15) is 102 Å². The minimum absolute atomic E-state index is 0.0331. The van der Waals surface area contributed by atoms with Gasteiger partial charge in [0.25, 0.3) is 0 Å². The van der Waals surface area contributed by atoms with E-state index in [2.05, 4.69) is 12.2 Å². The van der Waals surface area contributed by atoms with Gasteiger partial charge in [-0.25, -0.2) is 4.79 Å². The van der Waals surface area contributed by atoms with Crippen molar-refractivity contribution in [3.8, 4) is 0 Å². The van der Waals surface area contributed by atoms with E-state index in [0.29, 0.717) is 6.42 Å². The lowest BCUT2D eigenvalue weighted by Gasteiger charge is -2.16. The quantitative estimate of drug-likeness (QED) is 0.206. The number of carbonyl (C=O) groups is 3. The molecule has 0 fully saturated rings. The van der Waals surface area contributed by atoms with Gasteiger partial charge in [-0.05, 0) is 18.4 Å². The molecule has 1 N–H and O–H groups in total. The van der Waals surface area contributed by atoms with E-state index in [0.717, 1.165) is 24.8 Å². The molecular weight excluding hydrogens is 418 g/mol. The Balaban J connectivity index is 2.16. The summed E-state index contributed by atoms with van der Waals surface area (Å²) in [7, 11) is 1.28. The molecule has 0 saturated heterocycles. The Morgan fingerprint density at radius 2 is 1.39 bits per heavy atom. The summed E-state index contributed by atoms with van der Waals surface area (Å²) < 4.78 is 10.0. The fourth-order valence-electron chi connectivity index (χ4n) is 3.68. The number of hydrogen-bond acceptors (Lipinski definition) is 5. The molecule has 1 aromatic rings. The largest absolute Gasteiger partial charge is 0.467 e. The Hall–Kier alpha value is -2.37. The number of carbonyl (C=O) groups excluding carboxylic acids is 3. The van der Waals surface area contributed by atoms with Crippen molar-refractivity contribution in [3.05, 3.63) is 35.9 Å². The van der Waals surface area contributed by atoms with E-state index in [-0.39, 0.29) is 25.4 Å². The van der Waals surface area contributed by atoms with Gasteiger partial charge < -0.3 is 14.8 Å². The van der Waals surface area contributed by atoms with Crippen molar-refractivity contribution in [1.82, 2.24) is 5.32 Å². The van der Waals surface area contributed by atoms with Crippen molar-refractivity contribution < 1.29 is 23.9 Å². The number of amides is 1. The number of unbranched alkanes of at least 4 members (excludes halogenated alkanes) is 10. The van der Waals surface area contributed by atoms with Gasteiger partial charge in [0.05, 0.1) is 7.11 Å². The molecule has 0 heterocycles. The van der Waals surface area contributed by atoms with E-state index in [9.17, 15) is 14.4 Å². The number of ether oxygens (including phenoxy) is 2. The highest BCUT2D eigenvalue weighted by Gasteiger charge is 2.22. The highest BCUT2D eigenvalue weighted by molar-refractivity contribution is 5.84. The Morgan fingerprint density at radius 1 is 0.818 bits per heavy atom. The number of esters is 2. The second-order valence-electron chi connectivity index (χ2n) is 8.61. The zero-order valence-corrected chi connectivity index (χ0v) is 20.6. The van der Waals surface area contributed by atoms with Gasteiger partial charge >= 0.3 is 11.9 Å². The van der Waals surface area contributed by atoms with Crippen LogP contribution < -0.4 is 5.32 Å². The first-order chi connectivity index (χ1) is 16.1. The van der Waals surface area contributed by atoms with Crippen molar-refractivity contribution in [2.24, 2.45) is 0 Å². The van der Waals surface area contributed by atoms with E-state index in [4.69, 9.17) is 9.47 Å². The molecular formula is C27H43NO5. The van der Waals surface area contributed by atoms with Gasteiger partial charge in [0, 0.05) is 12.8 Å². The van der Waals surface area contributed by atoms with Gasteiger partial charge in [0.2, 0.25) is 5.91 Å². The molecule has 0 unspecified atom stereocenters. The van der Waals surface area contributed by atoms with Crippen LogP contribution in [0.5, 0.6) is 0 Å². The Morgan fingerprint density at radius 3 is 1.97 bits per heavy atom. The molecule has 0 aliphatic rings. The Kier molecular flexibility index (Phi) is 16.6. The van der Waals surface area contributed by atoms with Crippen LogP contribution in [0.2, 0.25) is 0 Å². The lowest BCUT2D eigenvalue weighted by atomic mass is 10.0. The minimum Gasteiger partial charge on any atom is -0.467 e. The molecule has 0 bridgehead atoms. The zero-order chi connectivity index (χ0) is 24.2. The van der Waals surface area contributed by atoms with E-state index in [1.54, 1.807) is 0 Å². The molecule has 0 aliphatic heterocycles. The molecule has 0 aromatic heterocycles. The Bertz CT molecular complexity index is 662.